The Kier molecular flexibility index (Phi) is 3.82. The van der Waals surface area contributed by atoms with E-state index >= 15 is 0 Å². The summed E-state index contributed by atoms with van der Waals surface area (Å²) in [6, 6.07) is 5.02. The van der Waals surface area contributed by atoms with Gasteiger partial charge in [-0.2, -0.15) is 18.3 Å². The van der Waals surface area contributed by atoms with Crippen LogP contribution in [0.1, 0.15) is 11.1 Å². The molecule has 1 aromatic heterocycles. The van der Waals surface area contributed by atoms with Gasteiger partial charge in [0.1, 0.15) is 0 Å². The van der Waals surface area contributed by atoms with Gasteiger partial charge in [-0.15, -0.1) is 0 Å². The quantitative estimate of drug-likeness (QED) is 0.940. The fraction of sp³-hybridized carbons (Fsp3) is 0.250. The number of hydrogen-bond donors (Lipinski definition) is 1. The Bertz CT molecular complexity index is 578. The second kappa shape index (κ2) is 5.22. The van der Waals surface area contributed by atoms with Gasteiger partial charge in [0.2, 0.25) is 0 Å². The second-order valence-electron chi connectivity index (χ2n) is 3.97. The number of rotatable bonds is 3. The van der Waals surface area contributed by atoms with E-state index in [1.165, 1.54) is 4.68 Å². The third-order valence-corrected chi connectivity index (χ3v) is 2.81. The number of aromatic nitrogens is 2. The Morgan fingerprint density at radius 1 is 1.37 bits per heavy atom. The highest BCUT2D eigenvalue weighted by molar-refractivity contribution is 6.30. The highest BCUT2D eigenvalue weighted by atomic mass is 35.5. The van der Waals surface area contributed by atoms with Crippen LogP contribution < -0.4 is 5.32 Å². The lowest BCUT2D eigenvalue weighted by molar-refractivity contribution is -0.137. The van der Waals surface area contributed by atoms with Gasteiger partial charge >= 0.3 is 6.18 Å². The molecule has 7 heteroatoms. The maximum atomic E-state index is 12.6. The number of benzene rings is 1. The first-order chi connectivity index (χ1) is 8.91. The van der Waals surface area contributed by atoms with E-state index in [4.69, 9.17) is 11.6 Å². The van der Waals surface area contributed by atoms with Crippen LogP contribution in [0.2, 0.25) is 5.02 Å². The Morgan fingerprint density at radius 2 is 2.11 bits per heavy atom. The van der Waals surface area contributed by atoms with Crippen molar-refractivity contribution in [2.45, 2.75) is 12.7 Å². The van der Waals surface area contributed by atoms with Crippen LogP contribution in [0.25, 0.3) is 5.69 Å². The summed E-state index contributed by atoms with van der Waals surface area (Å²) in [5.41, 5.74) is 0.545. The molecule has 3 nitrogen and oxygen atoms in total. The zero-order valence-corrected chi connectivity index (χ0v) is 10.8. The van der Waals surface area contributed by atoms with E-state index in [1.54, 1.807) is 25.2 Å². The SMILES string of the molecule is CNCc1ccc(Cl)cc1-n1cc(C(F)(F)F)cn1. The molecule has 0 saturated heterocycles. The molecule has 0 unspecified atom stereocenters. The Morgan fingerprint density at radius 3 is 2.68 bits per heavy atom. The molecule has 0 aliphatic carbocycles. The van der Waals surface area contributed by atoms with E-state index in [-0.39, 0.29) is 0 Å². The van der Waals surface area contributed by atoms with Gasteiger partial charge in [-0.1, -0.05) is 17.7 Å². The molecule has 2 aromatic rings. The summed E-state index contributed by atoms with van der Waals surface area (Å²) >= 11 is 5.88. The lowest BCUT2D eigenvalue weighted by atomic mass is 10.2. The van der Waals surface area contributed by atoms with Crippen molar-refractivity contribution in [3.63, 3.8) is 0 Å². The summed E-state index contributed by atoms with van der Waals surface area (Å²) in [4.78, 5) is 0. The third-order valence-electron chi connectivity index (χ3n) is 2.57. The van der Waals surface area contributed by atoms with Gasteiger partial charge in [0.05, 0.1) is 17.4 Å². The molecular formula is C12H11ClF3N3. The predicted octanol–water partition coefficient (Wildman–Crippen LogP) is 3.26. The fourth-order valence-corrected chi connectivity index (χ4v) is 1.86. The van der Waals surface area contributed by atoms with Crippen LogP contribution in [0.4, 0.5) is 13.2 Å². The number of halogens is 4. The smallest absolute Gasteiger partial charge is 0.316 e. The molecule has 0 aliphatic heterocycles. The Labute approximate surface area is 113 Å². The molecule has 102 valence electrons. The first kappa shape index (κ1) is 13.9. The van der Waals surface area contributed by atoms with Crippen molar-refractivity contribution in [3.05, 3.63) is 46.7 Å². The van der Waals surface area contributed by atoms with Crippen molar-refractivity contribution in [2.75, 3.05) is 7.05 Å². The van der Waals surface area contributed by atoms with Gasteiger partial charge < -0.3 is 5.32 Å². The van der Waals surface area contributed by atoms with E-state index in [0.29, 0.717) is 17.3 Å². The largest absolute Gasteiger partial charge is 0.419 e. The van der Waals surface area contributed by atoms with Gasteiger partial charge in [0, 0.05) is 17.8 Å². The lowest BCUT2D eigenvalue weighted by Crippen LogP contribution is -2.09. The zero-order chi connectivity index (χ0) is 14.0. The molecule has 1 aromatic carbocycles. The maximum Gasteiger partial charge on any atom is 0.419 e. The summed E-state index contributed by atoms with van der Waals surface area (Å²) in [6.07, 6.45) is -2.66. The van der Waals surface area contributed by atoms with E-state index < -0.39 is 11.7 Å². The van der Waals surface area contributed by atoms with Crippen LogP contribution in [0.5, 0.6) is 0 Å². The van der Waals surface area contributed by atoms with Crippen molar-refractivity contribution in [2.24, 2.45) is 0 Å². The number of nitrogens with zero attached hydrogens (tertiary/aromatic N) is 2. The molecule has 0 bridgehead atoms. The molecule has 0 radical (unpaired) electrons. The molecule has 2 rings (SSSR count). The number of alkyl halides is 3. The molecule has 19 heavy (non-hydrogen) atoms. The van der Waals surface area contributed by atoms with E-state index in [2.05, 4.69) is 10.4 Å². The average molecular weight is 290 g/mol. The van der Waals surface area contributed by atoms with Crippen LogP contribution >= 0.6 is 11.6 Å². The summed E-state index contributed by atoms with van der Waals surface area (Å²) in [6.45, 7) is 0.508. The van der Waals surface area contributed by atoms with Crippen molar-refractivity contribution < 1.29 is 13.2 Å². The van der Waals surface area contributed by atoms with Gasteiger partial charge in [-0.3, -0.25) is 0 Å². The lowest BCUT2D eigenvalue weighted by Gasteiger charge is -2.09. The summed E-state index contributed by atoms with van der Waals surface area (Å²) in [7, 11) is 1.75. The number of nitrogens with one attached hydrogen (secondary N) is 1. The Hall–Kier alpha value is -1.53. The van der Waals surface area contributed by atoms with Gasteiger partial charge in [-0.25, -0.2) is 4.68 Å². The molecule has 0 aliphatic rings. The van der Waals surface area contributed by atoms with E-state index in [1.807, 2.05) is 0 Å². The fourth-order valence-electron chi connectivity index (χ4n) is 1.69. The standard InChI is InChI=1S/C12H11ClF3N3/c1-17-5-8-2-3-10(13)4-11(8)19-7-9(6-18-19)12(14,15)16/h2-4,6-7,17H,5H2,1H3. The molecule has 0 spiro atoms. The van der Waals surface area contributed by atoms with Gasteiger partial charge in [-0.05, 0) is 24.7 Å². The monoisotopic (exact) mass is 289 g/mol. The van der Waals surface area contributed by atoms with Crippen LogP contribution in [0, 0.1) is 0 Å². The highest BCUT2D eigenvalue weighted by Gasteiger charge is 2.32. The average Bonchev–Trinajstić information content (AvgIpc) is 2.80. The number of hydrogen-bond acceptors (Lipinski definition) is 2. The maximum absolute atomic E-state index is 12.6. The van der Waals surface area contributed by atoms with Crippen LogP contribution in [0.3, 0.4) is 0 Å². The van der Waals surface area contributed by atoms with Crippen LogP contribution in [0.15, 0.2) is 30.6 Å². The molecule has 0 atom stereocenters. The minimum atomic E-state index is -4.40. The normalized spacial score (nSPS) is 11.8. The summed E-state index contributed by atoms with van der Waals surface area (Å²) in [5, 5.41) is 7.13. The van der Waals surface area contributed by atoms with Crippen molar-refractivity contribution in [1.82, 2.24) is 15.1 Å². The first-order valence-corrected chi connectivity index (χ1v) is 5.85. The second-order valence-corrected chi connectivity index (χ2v) is 4.41. The van der Waals surface area contributed by atoms with Crippen molar-refractivity contribution in [1.29, 1.82) is 0 Å². The summed E-state index contributed by atoms with van der Waals surface area (Å²) in [5.74, 6) is 0. The molecule has 1 heterocycles. The highest BCUT2D eigenvalue weighted by Crippen LogP contribution is 2.30. The molecular weight excluding hydrogens is 279 g/mol. The van der Waals surface area contributed by atoms with E-state index in [9.17, 15) is 13.2 Å². The molecule has 0 saturated carbocycles. The minimum Gasteiger partial charge on any atom is -0.316 e. The minimum absolute atomic E-state index is 0.443. The van der Waals surface area contributed by atoms with Gasteiger partial charge in [0.25, 0.3) is 0 Å². The van der Waals surface area contributed by atoms with Crippen LogP contribution in [-0.4, -0.2) is 16.8 Å². The summed E-state index contributed by atoms with van der Waals surface area (Å²) < 4.78 is 38.8. The third kappa shape index (κ3) is 3.08. The van der Waals surface area contributed by atoms with Gasteiger partial charge in [0.15, 0.2) is 0 Å². The molecule has 0 fully saturated rings. The predicted molar refractivity (Wildman–Crippen MR) is 66.3 cm³/mol. The van der Waals surface area contributed by atoms with E-state index in [0.717, 1.165) is 18.0 Å². The first-order valence-electron chi connectivity index (χ1n) is 5.47. The molecule has 1 N–H and O–H groups in total. The Balaban J connectivity index is 2.46. The van der Waals surface area contributed by atoms with Crippen molar-refractivity contribution in [3.8, 4) is 5.69 Å². The van der Waals surface area contributed by atoms with Crippen LogP contribution in [-0.2, 0) is 12.7 Å². The molecule has 0 amide bonds. The topological polar surface area (TPSA) is 29.9 Å². The zero-order valence-electron chi connectivity index (χ0n) is 10.0. The van der Waals surface area contributed by atoms with Crippen molar-refractivity contribution >= 4 is 11.6 Å².